The summed E-state index contributed by atoms with van der Waals surface area (Å²) in [6, 6.07) is 0. The maximum atomic E-state index is 10.4. The first-order chi connectivity index (χ1) is 10.6. The zero-order valence-corrected chi connectivity index (χ0v) is 15.8. The summed E-state index contributed by atoms with van der Waals surface area (Å²) in [5.74, 6) is -0.679. The van der Waals surface area contributed by atoms with Crippen LogP contribution in [0.2, 0.25) is 0 Å². The number of carboxylic acids is 1. The van der Waals surface area contributed by atoms with Crippen molar-refractivity contribution in [1.29, 1.82) is 0 Å². The zero-order valence-electron chi connectivity index (χ0n) is 14.2. The zero-order chi connectivity index (χ0) is 16.6. The van der Waals surface area contributed by atoms with Crippen LogP contribution in [0.15, 0.2) is 0 Å². The summed E-state index contributed by atoms with van der Waals surface area (Å²) in [5.41, 5.74) is 0. The lowest BCUT2D eigenvalue weighted by Gasteiger charge is -2.17. The predicted octanol–water partition coefficient (Wildman–Crippen LogP) is 5.68. The Balaban J connectivity index is 3.29. The second-order valence-electron chi connectivity index (χ2n) is 6.34. The van der Waals surface area contributed by atoms with Gasteiger partial charge in [-0.2, -0.15) is 0 Å². The van der Waals surface area contributed by atoms with Crippen molar-refractivity contribution in [2.75, 3.05) is 0 Å². The lowest BCUT2D eigenvalue weighted by atomic mass is 10.0. The highest BCUT2D eigenvalue weighted by molar-refractivity contribution is 9.09. The van der Waals surface area contributed by atoms with Gasteiger partial charge in [-0.25, -0.2) is 0 Å². The molecule has 0 aromatic carbocycles. The Kier molecular flexibility index (Phi) is 15.7. The fourth-order valence-corrected chi connectivity index (χ4v) is 3.24. The average molecular weight is 379 g/mol. The molecule has 0 aliphatic rings. The number of aliphatic hydroxyl groups is 1. The molecule has 0 aromatic rings. The molecule has 0 heterocycles. The lowest BCUT2D eigenvalue weighted by molar-refractivity contribution is -0.137. The highest BCUT2D eigenvalue weighted by Gasteiger charge is 2.14. The molecular formula is C18H35BrO3. The van der Waals surface area contributed by atoms with Gasteiger partial charge in [-0.1, -0.05) is 87.1 Å². The summed E-state index contributed by atoms with van der Waals surface area (Å²) >= 11 is 3.62. The molecule has 0 fully saturated rings. The molecule has 4 heteroatoms. The summed E-state index contributed by atoms with van der Waals surface area (Å²) in [6.07, 6.45) is 14.8. The van der Waals surface area contributed by atoms with Crippen molar-refractivity contribution in [3.05, 3.63) is 0 Å². The minimum atomic E-state index is -0.679. The van der Waals surface area contributed by atoms with Gasteiger partial charge in [-0.15, -0.1) is 0 Å². The molecule has 0 spiro atoms. The van der Waals surface area contributed by atoms with Gasteiger partial charge in [0.05, 0.1) is 6.10 Å². The van der Waals surface area contributed by atoms with Gasteiger partial charge in [0.15, 0.2) is 0 Å². The van der Waals surface area contributed by atoms with Crippen LogP contribution in [-0.2, 0) is 4.79 Å². The van der Waals surface area contributed by atoms with Gasteiger partial charge in [-0.05, 0) is 19.3 Å². The van der Waals surface area contributed by atoms with Crippen molar-refractivity contribution in [1.82, 2.24) is 0 Å². The van der Waals surface area contributed by atoms with Crippen LogP contribution in [-0.4, -0.2) is 27.1 Å². The van der Waals surface area contributed by atoms with Crippen molar-refractivity contribution in [3.63, 3.8) is 0 Å². The molecule has 22 heavy (non-hydrogen) atoms. The number of unbranched alkanes of at least 4 members (excludes halogenated alkanes) is 9. The van der Waals surface area contributed by atoms with Crippen LogP contribution in [0.1, 0.15) is 96.8 Å². The highest BCUT2D eigenvalue weighted by Crippen LogP contribution is 2.20. The van der Waals surface area contributed by atoms with E-state index in [0.29, 0.717) is 6.42 Å². The summed E-state index contributed by atoms with van der Waals surface area (Å²) in [7, 11) is 0. The molecular weight excluding hydrogens is 344 g/mol. The SMILES string of the molecule is CCCCCC(O)C(Br)CCCCCCCCCCC(=O)O. The average Bonchev–Trinajstić information content (AvgIpc) is 2.48. The minimum Gasteiger partial charge on any atom is -0.481 e. The van der Waals surface area contributed by atoms with Crippen molar-refractivity contribution >= 4 is 21.9 Å². The van der Waals surface area contributed by atoms with E-state index in [1.807, 2.05) is 0 Å². The molecule has 0 aliphatic heterocycles. The largest absolute Gasteiger partial charge is 0.481 e. The molecule has 0 amide bonds. The monoisotopic (exact) mass is 378 g/mol. The number of rotatable bonds is 16. The third-order valence-corrected chi connectivity index (χ3v) is 5.21. The summed E-state index contributed by atoms with van der Waals surface area (Å²) < 4.78 is 0. The molecule has 0 aliphatic carbocycles. The quantitative estimate of drug-likeness (QED) is 0.268. The van der Waals surface area contributed by atoms with Crippen molar-refractivity contribution < 1.29 is 15.0 Å². The minimum absolute atomic E-state index is 0.194. The standard InChI is InChI=1S/C18H35BrO3/c1-2-3-10-14-17(20)16(19)13-11-8-6-4-5-7-9-12-15-18(21)22/h16-17,20H,2-15H2,1H3,(H,21,22). The van der Waals surface area contributed by atoms with Crippen LogP contribution in [0, 0.1) is 0 Å². The number of carboxylic acid groups (broad SMARTS) is 1. The Morgan fingerprint density at radius 3 is 1.91 bits per heavy atom. The fraction of sp³-hybridized carbons (Fsp3) is 0.944. The topological polar surface area (TPSA) is 57.5 Å². The highest BCUT2D eigenvalue weighted by atomic mass is 79.9. The van der Waals surface area contributed by atoms with Gasteiger partial charge in [0, 0.05) is 11.2 Å². The summed E-state index contributed by atoms with van der Waals surface area (Å²) in [6.45, 7) is 2.18. The molecule has 2 atom stereocenters. The van der Waals surface area contributed by atoms with E-state index in [9.17, 15) is 9.90 Å². The second kappa shape index (κ2) is 15.8. The number of hydrogen-bond acceptors (Lipinski definition) is 2. The van der Waals surface area contributed by atoms with Gasteiger partial charge in [-0.3, -0.25) is 4.79 Å². The van der Waals surface area contributed by atoms with Crippen molar-refractivity contribution in [3.8, 4) is 0 Å². The van der Waals surface area contributed by atoms with Crippen LogP contribution in [0.5, 0.6) is 0 Å². The van der Waals surface area contributed by atoms with Gasteiger partial charge in [0.1, 0.15) is 0 Å². The molecule has 2 N–H and O–H groups in total. The predicted molar refractivity (Wildman–Crippen MR) is 96.7 cm³/mol. The third-order valence-electron chi connectivity index (χ3n) is 4.14. The molecule has 132 valence electrons. The Labute approximate surface area is 145 Å². The first-order valence-electron chi connectivity index (χ1n) is 9.11. The van der Waals surface area contributed by atoms with Crippen LogP contribution >= 0.6 is 15.9 Å². The first kappa shape index (κ1) is 21.9. The summed E-state index contributed by atoms with van der Waals surface area (Å²) in [5, 5.41) is 18.6. The first-order valence-corrected chi connectivity index (χ1v) is 10.0. The second-order valence-corrected chi connectivity index (χ2v) is 7.52. The Morgan fingerprint density at radius 1 is 0.864 bits per heavy atom. The van der Waals surface area contributed by atoms with Crippen LogP contribution < -0.4 is 0 Å². The van der Waals surface area contributed by atoms with Crippen molar-refractivity contribution in [2.45, 2.75) is 108 Å². The van der Waals surface area contributed by atoms with Crippen molar-refractivity contribution in [2.24, 2.45) is 0 Å². The number of aliphatic carboxylic acids is 1. The van der Waals surface area contributed by atoms with E-state index < -0.39 is 5.97 Å². The third kappa shape index (κ3) is 14.8. The van der Waals surface area contributed by atoms with E-state index in [1.54, 1.807) is 0 Å². The number of aliphatic hydroxyl groups excluding tert-OH is 1. The summed E-state index contributed by atoms with van der Waals surface area (Å²) in [4.78, 5) is 10.6. The lowest BCUT2D eigenvalue weighted by Crippen LogP contribution is -2.20. The van der Waals surface area contributed by atoms with Crippen LogP contribution in [0.4, 0.5) is 0 Å². The number of halogens is 1. The number of carbonyl (C=O) groups is 1. The molecule has 3 nitrogen and oxygen atoms in total. The normalized spacial score (nSPS) is 14.0. The molecule has 0 bridgehead atoms. The Morgan fingerprint density at radius 2 is 1.36 bits per heavy atom. The van der Waals surface area contributed by atoms with Crippen LogP contribution in [0.25, 0.3) is 0 Å². The molecule has 0 saturated carbocycles. The van der Waals surface area contributed by atoms with E-state index in [2.05, 4.69) is 22.9 Å². The Bertz CT molecular complexity index is 259. The van der Waals surface area contributed by atoms with Crippen LogP contribution in [0.3, 0.4) is 0 Å². The van der Waals surface area contributed by atoms with Gasteiger partial charge in [0.25, 0.3) is 0 Å². The molecule has 0 radical (unpaired) electrons. The van der Waals surface area contributed by atoms with Gasteiger partial charge < -0.3 is 10.2 Å². The molecule has 0 rings (SSSR count). The number of alkyl halides is 1. The molecule has 0 saturated heterocycles. The molecule has 0 aromatic heterocycles. The fourth-order valence-electron chi connectivity index (χ4n) is 2.65. The van der Waals surface area contributed by atoms with Gasteiger partial charge >= 0.3 is 5.97 Å². The Hall–Kier alpha value is -0.0900. The maximum Gasteiger partial charge on any atom is 0.303 e. The van der Waals surface area contributed by atoms with E-state index in [1.165, 1.54) is 44.9 Å². The van der Waals surface area contributed by atoms with E-state index >= 15 is 0 Å². The maximum absolute atomic E-state index is 10.4. The number of hydrogen-bond donors (Lipinski definition) is 2. The van der Waals surface area contributed by atoms with E-state index in [0.717, 1.165) is 38.5 Å². The molecule has 2 unspecified atom stereocenters. The van der Waals surface area contributed by atoms with Gasteiger partial charge in [0.2, 0.25) is 0 Å². The van der Waals surface area contributed by atoms with E-state index in [4.69, 9.17) is 5.11 Å². The van der Waals surface area contributed by atoms with E-state index in [-0.39, 0.29) is 10.9 Å². The smallest absolute Gasteiger partial charge is 0.303 e.